The van der Waals surface area contributed by atoms with Gasteiger partial charge in [-0.1, -0.05) is 30.3 Å². The Morgan fingerprint density at radius 1 is 1.09 bits per heavy atom. The molecule has 1 heterocycles. The number of hydrogen-bond donors (Lipinski definition) is 5. The van der Waals surface area contributed by atoms with Crippen LogP contribution >= 0.6 is 12.2 Å². The SMILES string of the molecule is CNC(=S)N(C)CCNc1c2ccccc2nc2c(C(=O)NCC[O-])cccc12.NCCN.[Cl-].[Pt+2]. The van der Waals surface area contributed by atoms with E-state index in [-0.39, 0.29) is 52.5 Å². The molecule has 0 saturated carbocycles. The Bertz CT molecular complexity index is 1090. The second-order valence-corrected chi connectivity index (χ2v) is 7.53. The molecule has 0 atom stereocenters. The number of anilines is 1. The summed E-state index contributed by atoms with van der Waals surface area (Å²) in [6.45, 7) is 2.29. The number of rotatable bonds is 8. The fourth-order valence-electron chi connectivity index (χ4n) is 3.19. The first-order valence-corrected chi connectivity index (χ1v) is 11.1. The van der Waals surface area contributed by atoms with Gasteiger partial charge in [0.25, 0.3) is 5.91 Å². The molecule has 35 heavy (non-hydrogen) atoms. The van der Waals surface area contributed by atoms with Gasteiger partial charge in [0.05, 0.1) is 22.3 Å². The van der Waals surface area contributed by atoms with Crippen molar-refractivity contribution in [1.82, 2.24) is 20.5 Å². The fraction of sp³-hybridized carbons (Fsp3) is 0.348. The Kier molecular flexibility index (Phi) is 16.3. The van der Waals surface area contributed by atoms with Gasteiger partial charge in [0.15, 0.2) is 5.11 Å². The maximum absolute atomic E-state index is 12.5. The van der Waals surface area contributed by atoms with Gasteiger partial charge in [-0.05, 0) is 24.4 Å². The number of hydrogen-bond acceptors (Lipinski definition) is 7. The number of likely N-dealkylation sites (N-methyl/N-ethyl adjacent to an activating group) is 1. The van der Waals surface area contributed by atoms with Crippen LogP contribution < -0.4 is 44.9 Å². The number of para-hydroxylation sites is 2. The maximum atomic E-state index is 12.5. The number of nitrogens with zero attached hydrogens (tertiary/aromatic N) is 2. The minimum Gasteiger partial charge on any atom is -1.00 e. The molecule has 0 fully saturated rings. The topological polar surface area (TPSA) is 144 Å². The number of halogens is 1. The monoisotopic (exact) mass is 700 g/mol. The van der Waals surface area contributed by atoms with E-state index in [1.54, 1.807) is 13.1 Å². The summed E-state index contributed by atoms with van der Waals surface area (Å²) in [5.41, 5.74) is 12.6. The minimum absolute atomic E-state index is 0. The number of nitrogens with one attached hydrogen (secondary N) is 3. The summed E-state index contributed by atoms with van der Waals surface area (Å²) in [5.74, 6) is -0.292. The van der Waals surface area contributed by atoms with Crippen LogP contribution in [0.2, 0.25) is 0 Å². The summed E-state index contributed by atoms with van der Waals surface area (Å²) in [6.07, 6.45) is 0. The largest absolute Gasteiger partial charge is 2.00 e. The van der Waals surface area contributed by atoms with E-state index >= 15 is 0 Å². The van der Waals surface area contributed by atoms with Crippen LogP contribution in [0, 0.1) is 0 Å². The van der Waals surface area contributed by atoms with Crippen molar-refractivity contribution in [2.75, 3.05) is 58.7 Å². The maximum Gasteiger partial charge on any atom is 2.00 e. The van der Waals surface area contributed by atoms with Crippen LogP contribution in [0.5, 0.6) is 0 Å². The number of benzene rings is 2. The molecular weight excluding hydrogens is 669 g/mol. The molecule has 0 radical (unpaired) electrons. The van der Waals surface area contributed by atoms with Crippen LogP contribution in [0.15, 0.2) is 42.5 Å². The van der Waals surface area contributed by atoms with Crippen molar-refractivity contribution in [3.63, 3.8) is 0 Å². The summed E-state index contributed by atoms with van der Waals surface area (Å²) in [6, 6.07) is 13.3. The molecule has 0 unspecified atom stereocenters. The average Bonchev–Trinajstić information content (AvgIpc) is 2.85. The van der Waals surface area contributed by atoms with Gasteiger partial charge in [0.2, 0.25) is 0 Å². The molecule has 0 aliphatic carbocycles. The Morgan fingerprint density at radius 3 is 2.37 bits per heavy atom. The number of thiocarbonyl (C=S) groups is 1. The van der Waals surface area contributed by atoms with Crippen molar-refractivity contribution in [3.05, 3.63) is 48.0 Å². The third-order valence-electron chi connectivity index (χ3n) is 4.82. The van der Waals surface area contributed by atoms with Crippen LogP contribution in [-0.2, 0) is 21.1 Å². The Morgan fingerprint density at radius 2 is 1.74 bits per heavy atom. The molecule has 7 N–H and O–H groups in total. The van der Waals surface area contributed by atoms with Crippen molar-refractivity contribution in [3.8, 4) is 0 Å². The molecule has 3 rings (SSSR count). The Balaban J connectivity index is 0.00000179. The molecule has 0 aliphatic rings. The summed E-state index contributed by atoms with van der Waals surface area (Å²) in [5, 5.41) is 22.4. The van der Waals surface area contributed by atoms with E-state index in [1.165, 1.54) is 0 Å². The van der Waals surface area contributed by atoms with Gasteiger partial charge >= 0.3 is 21.1 Å². The zero-order valence-electron chi connectivity index (χ0n) is 19.8. The van der Waals surface area contributed by atoms with Gasteiger partial charge in [0, 0.05) is 57.6 Å². The normalized spacial score (nSPS) is 9.74. The predicted octanol–water partition coefficient (Wildman–Crippen LogP) is -2.77. The van der Waals surface area contributed by atoms with Gasteiger partial charge in [-0.25, -0.2) is 4.98 Å². The number of nitrogens with two attached hydrogens (primary N) is 2. The molecule has 0 spiro atoms. The van der Waals surface area contributed by atoms with Gasteiger partial charge in [0.1, 0.15) is 0 Å². The molecule has 1 amide bonds. The number of carbonyl (C=O) groups excluding carboxylic acids is 1. The first-order chi connectivity index (χ1) is 16.0. The van der Waals surface area contributed by atoms with Gasteiger partial charge in [-0.3, -0.25) is 4.79 Å². The molecule has 2 aromatic carbocycles. The number of amides is 1. The summed E-state index contributed by atoms with van der Waals surface area (Å²) < 4.78 is 0. The third kappa shape index (κ3) is 9.14. The van der Waals surface area contributed by atoms with Crippen LogP contribution in [0.25, 0.3) is 21.8 Å². The van der Waals surface area contributed by atoms with E-state index in [2.05, 4.69) is 16.0 Å². The van der Waals surface area contributed by atoms with Crippen LogP contribution in [0.4, 0.5) is 5.69 Å². The predicted molar refractivity (Wildman–Crippen MR) is 137 cm³/mol. The van der Waals surface area contributed by atoms with Crippen molar-refractivity contribution in [2.45, 2.75) is 0 Å². The number of aromatic nitrogens is 1. The first-order valence-electron chi connectivity index (χ1n) is 10.7. The van der Waals surface area contributed by atoms with E-state index in [9.17, 15) is 9.90 Å². The van der Waals surface area contributed by atoms with Crippen molar-refractivity contribution >= 4 is 50.7 Å². The summed E-state index contributed by atoms with van der Waals surface area (Å²) in [7, 11) is 3.73. The number of pyridine rings is 1. The second-order valence-electron chi connectivity index (χ2n) is 7.15. The van der Waals surface area contributed by atoms with Gasteiger partial charge < -0.3 is 49.8 Å². The molecule has 194 valence electrons. The number of carbonyl (C=O) groups is 1. The first kappa shape index (κ1) is 32.9. The molecule has 12 heteroatoms. The molecule has 0 saturated heterocycles. The van der Waals surface area contributed by atoms with Crippen LogP contribution in [-0.4, -0.2) is 74.3 Å². The van der Waals surface area contributed by atoms with Gasteiger partial charge in [-0.15, -0.1) is 6.61 Å². The second kappa shape index (κ2) is 17.4. The van der Waals surface area contributed by atoms with E-state index < -0.39 is 0 Å². The minimum atomic E-state index is -0.359. The fourth-order valence-corrected chi connectivity index (χ4v) is 3.28. The standard InChI is InChI=1S/C21H24N5O2S.C2H8N2.ClH.Pt/c1-22-21(29)26(2)12-10-23-18-14-6-3-4-9-17(14)25-19-15(18)7-5-8-16(19)20(28)24-11-13-27;3-1-2-4;;/h3-9H,10-13H2,1-2H3,(H,22,29)(H,23,25)(H,24,28);1-4H2;1H;/q-1;;;+2/p-1. The van der Waals surface area contributed by atoms with Gasteiger partial charge in [-0.2, -0.15) is 0 Å². The summed E-state index contributed by atoms with van der Waals surface area (Å²) in [4.78, 5) is 19.2. The average molecular weight is 701 g/mol. The van der Waals surface area contributed by atoms with E-state index in [1.807, 2.05) is 48.3 Å². The van der Waals surface area contributed by atoms with E-state index in [4.69, 9.17) is 28.7 Å². The summed E-state index contributed by atoms with van der Waals surface area (Å²) >= 11 is 5.25. The molecule has 0 bridgehead atoms. The van der Waals surface area contributed by atoms with Crippen molar-refractivity contribution in [1.29, 1.82) is 0 Å². The molecular formula is C23H32ClN7O2PtS. The molecule has 1 aromatic heterocycles. The van der Waals surface area contributed by atoms with Crippen LogP contribution in [0.1, 0.15) is 10.4 Å². The quantitative estimate of drug-likeness (QED) is 0.125. The van der Waals surface area contributed by atoms with Crippen molar-refractivity contribution < 1.29 is 43.4 Å². The molecule has 9 nitrogen and oxygen atoms in total. The third-order valence-corrected chi connectivity index (χ3v) is 5.34. The molecule has 3 aromatic rings. The zero-order chi connectivity index (χ0) is 24.2. The smallest absolute Gasteiger partial charge is 1.00 e. The molecule has 0 aliphatic heterocycles. The van der Waals surface area contributed by atoms with Crippen LogP contribution in [0.3, 0.4) is 0 Å². The Labute approximate surface area is 232 Å². The number of fused-ring (bicyclic) bond motifs is 2. The Hall–Kier alpha value is -2.07. The van der Waals surface area contributed by atoms with E-state index in [0.717, 1.165) is 22.0 Å². The van der Waals surface area contributed by atoms with Crippen molar-refractivity contribution in [2.24, 2.45) is 11.5 Å². The van der Waals surface area contributed by atoms with E-state index in [0.29, 0.717) is 42.4 Å². The zero-order valence-corrected chi connectivity index (χ0v) is 23.6.